The summed E-state index contributed by atoms with van der Waals surface area (Å²) in [6.07, 6.45) is 6.68. The molecule has 2 aromatic carbocycles. The van der Waals surface area contributed by atoms with E-state index in [2.05, 4.69) is 15.8 Å². The molecule has 1 saturated carbocycles. The first-order valence-electron chi connectivity index (χ1n) is 10.2. The van der Waals surface area contributed by atoms with Gasteiger partial charge in [0.25, 0.3) is 5.91 Å². The van der Waals surface area contributed by atoms with Crippen molar-refractivity contribution in [3.8, 4) is 17.2 Å². The first-order valence-corrected chi connectivity index (χ1v) is 10.2. The summed E-state index contributed by atoms with van der Waals surface area (Å²) < 4.78 is 10.2. The number of phenols is 1. The number of methoxy groups -OCH3 is 2. The Bertz CT molecular complexity index is 925. The summed E-state index contributed by atoms with van der Waals surface area (Å²) in [4.78, 5) is 24.6. The van der Waals surface area contributed by atoms with Gasteiger partial charge in [-0.2, -0.15) is 5.10 Å². The van der Waals surface area contributed by atoms with E-state index in [0.29, 0.717) is 16.8 Å². The number of hydrogen-bond acceptors (Lipinski definition) is 6. The van der Waals surface area contributed by atoms with Crippen LogP contribution in [0, 0.1) is 5.92 Å². The molecule has 3 rings (SSSR count). The number of anilines is 1. The fourth-order valence-electron chi connectivity index (χ4n) is 3.53. The van der Waals surface area contributed by atoms with Gasteiger partial charge in [0.1, 0.15) is 0 Å². The lowest BCUT2D eigenvalue weighted by Crippen LogP contribution is -2.24. The van der Waals surface area contributed by atoms with Crippen LogP contribution in [-0.4, -0.2) is 37.4 Å². The molecule has 0 radical (unpaired) electrons. The van der Waals surface area contributed by atoms with Crippen LogP contribution in [0.15, 0.2) is 41.5 Å². The van der Waals surface area contributed by atoms with Crippen LogP contribution in [0.1, 0.15) is 48.0 Å². The van der Waals surface area contributed by atoms with Gasteiger partial charge in [0.05, 0.1) is 20.4 Å². The SMILES string of the molecule is COc1cc(/C=N/NC(=O)c2ccc(NC(=O)C3CCCCC3)cc2)cc(OC)c1O. The molecule has 0 aliphatic heterocycles. The van der Waals surface area contributed by atoms with Gasteiger partial charge in [-0.15, -0.1) is 0 Å². The van der Waals surface area contributed by atoms with E-state index in [1.165, 1.54) is 26.9 Å². The first-order chi connectivity index (χ1) is 15.0. The molecular formula is C23H27N3O5. The molecule has 3 N–H and O–H groups in total. The number of nitrogens with one attached hydrogen (secondary N) is 2. The van der Waals surface area contributed by atoms with E-state index in [-0.39, 0.29) is 35.0 Å². The predicted molar refractivity (Wildman–Crippen MR) is 118 cm³/mol. The van der Waals surface area contributed by atoms with Crippen molar-refractivity contribution in [2.45, 2.75) is 32.1 Å². The van der Waals surface area contributed by atoms with E-state index >= 15 is 0 Å². The third kappa shape index (κ3) is 5.75. The summed E-state index contributed by atoms with van der Waals surface area (Å²) in [7, 11) is 2.86. The van der Waals surface area contributed by atoms with Gasteiger partial charge in [-0.1, -0.05) is 19.3 Å². The number of benzene rings is 2. The molecular weight excluding hydrogens is 398 g/mol. The van der Waals surface area contributed by atoms with Crippen molar-refractivity contribution in [1.82, 2.24) is 5.43 Å². The molecule has 1 aliphatic rings. The number of carbonyl (C=O) groups excluding carboxylic acids is 2. The van der Waals surface area contributed by atoms with Crippen molar-refractivity contribution in [2.75, 3.05) is 19.5 Å². The molecule has 164 valence electrons. The number of hydrogen-bond donors (Lipinski definition) is 3. The van der Waals surface area contributed by atoms with E-state index in [9.17, 15) is 14.7 Å². The summed E-state index contributed by atoms with van der Waals surface area (Å²) in [5, 5.41) is 16.8. The summed E-state index contributed by atoms with van der Waals surface area (Å²) in [6, 6.07) is 9.81. The zero-order chi connectivity index (χ0) is 22.2. The summed E-state index contributed by atoms with van der Waals surface area (Å²) in [5.41, 5.74) is 4.10. The number of aromatic hydroxyl groups is 1. The Morgan fingerprint density at radius 2 is 1.65 bits per heavy atom. The second-order valence-electron chi connectivity index (χ2n) is 7.37. The lowest BCUT2D eigenvalue weighted by atomic mass is 9.88. The van der Waals surface area contributed by atoms with Crippen molar-refractivity contribution in [3.05, 3.63) is 47.5 Å². The van der Waals surface area contributed by atoms with Crippen molar-refractivity contribution in [3.63, 3.8) is 0 Å². The molecule has 8 heteroatoms. The highest BCUT2D eigenvalue weighted by atomic mass is 16.5. The lowest BCUT2D eigenvalue weighted by Gasteiger charge is -2.20. The maximum atomic E-state index is 12.3. The van der Waals surface area contributed by atoms with Crippen molar-refractivity contribution in [2.24, 2.45) is 11.0 Å². The molecule has 2 aromatic rings. The number of ether oxygens (including phenoxy) is 2. The Labute approximate surface area is 181 Å². The number of carbonyl (C=O) groups is 2. The normalized spacial score (nSPS) is 14.3. The van der Waals surface area contributed by atoms with Crippen LogP contribution >= 0.6 is 0 Å². The summed E-state index contributed by atoms with van der Waals surface area (Å²) in [6.45, 7) is 0. The molecule has 0 saturated heterocycles. The number of rotatable bonds is 7. The van der Waals surface area contributed by atoms with Gasteiger partial charge >= 0.3 is 0 Å². The Morgan fingerprint density at radius 1 is 1.03 bits per heavy atom. The van der Waals surface area contributed by atoms with E-state index < -0.39 is 0 Å². The minimum Gasteiger partial charge on any atom is -0.502 e. The number of hydrazone groups is 1. The lowest BCUT2D eigenvalue weighted by molar-refractivity contribution is -0.120. The van der Waals surface area contributed by atoms with Crippen LogP contribution in [0.2, 0.25) is 0 Å². The molecule has 31 heavy (non-hydrogen) atoms. The van der Waals surface area contributed by atoms with Gasteiger partial charge in [0, 0.05) is 22.7 Å². The second kappa shape index (κ2) is 10.5. The quantitative estimate of drug-likeness (QED) is 0.463. The van der Waals surface area contributed by atoms with Gasteiger partial charge in [0.15, 0.2) is 11.5 Å². The molecule has 0 atom stereocenters. The highest BCUT2D eigenvalue weighted by molar-refractivity contribution is 5.96. The summed E-state index contributed by atoms with van der Waals surface area (Å²) in [5.74, 6) is 0.0846. The van der Waals surface area contributed by atoms with Gasteiger partial charge in [0.2, 0.25) is 11.7 Å². The number of amides is 2. The maximum Gasteiger partial charge on any atom is 0.271 e. The third-order valence-corrected chi connectivity index (χ3v) is 5.27. The van der Waals surface area contributed by atoms with Gasteiger partial charge in [-0.25, -0.2) is 5.43 Å². The van der Waals surface area contributed by atoms with Crippen molar-refractivity contribution >= 4 is 23.7 Å². The van der Waals surface area contributed by atoms with Crippen LogP contribution in [-0.2, 0) is 4.79 Å². The van der Waals surface area contributed by atoms with E-state index in [1.807, 2.05) is 0 Å². The second-order valence-corrected chi connectivity index (χ2v) is 7.37. The number of nitrogens with zero attached hydrogens (tertiary/aromatic N) is 1. The molecule has 1 aliphatic carbocycles. The standard InChI is InChI=1S/C23H27N3O5/c1-30-19-12-15(13-20(31-2)21(19)27)14-24-26-23(29)17-8-10-18(11-9-17)25-22(28)16-6-4-3-5-7-16/h8-14,16,27H,3-7H2,1-2H3,(H,25,28)(H,26,29)/b24-14+. The van der Waals surface area contributed by atoms with Crippen LogP contribution in [0.5, 0.6) is 17.2 Å². The molecule has 0 aromatic heterocycles. The topological polar surface area (TPSA) is 109 Å². The van der Waals surface area contributed by atoms with Crippen LogP contribution in [0.3, 0.4) is 0 Å². The monoisotopic (exact) mass is 425 g/mol. The largest absolute Gasteiger partial charge is 0.502 e. The van der Waals surface area contributed by atoms with Crippen molar-refractivity contribution < 1.29 is 24.2 Å². The minimum atomic E-state index is -0.390. The minimum absolute atomic E-state index is 0.0428. The predicted octanol–water partition coefficient (Wildman–Crippen LogP) is 3.69. The van der Waals surface area contributed by atoms with Crippen LogP contribution in [0.4, 0.5) is 5.69 Å². The first kappa shape index (κ1) is 22.1. The van der Waals surface area contributed by atoms with Crippen LogP contribution < -0.4 is 20.2 Å². The molecule has 8 nitrogen and oxygen atoms in total. The van der Waals surface area contributed by atoms with Gasteiger partial charge in [-0.05, 0) is 49.2 Å². The van der Waals surface area contributed by atoms with E-state index in [4.69, 9.17) is 9.47 Å². The zero-order valence-electron chi connectivity index (χ0n) is 17.7. The highest BCUT2D eigenvalue weighted by Gasteiger charge is 2.21. The number of phenolic OH excluding ortho intramolecular Hbond substituents is 1. The maximum absolute atomic E-state index is 12.3. The van der Waals surface area contributed by atoms with Gasteiger partial charge < -0.3 is 19.9 Å². The Kier molecular flexibility index (Phi) is 7.48. The molecule has 0 spiro atoms. The molecule has 2 amide bonds. The average molecular weight is 425 g/mol. The Hall–Kier alpha value is -3.55. The molecule has 0 heterocycles. The summed E-state index contributed by atoms with van der Waals surface area (Å²) >= 11 is 0. The Morgan fingerprint density at radius 3 is 2.23 bits per heavy atom. The average Bonchev–Trinajstić information content (AvgIpc) is 2.80. The van der Waals surface area contributed by atoms with Crippen molar-refractivity contribution in [1.29, 1.82) is 0 Å². The zero-order valence-corrected chi connectivity index (χ0v) is 17.7. The smallest absolute Gasteiger partial charge is 0.271 e. The fraction of sp³-hybridized carbons (Fsp3) is 0.348. The third-order valence-electron chi connectivity index (χ3n) is 5.27. The molecule has 1 fully saturated rings. The van der Waals surface area contributed by atoms with E-state index in [1.54, 1.807) is 36.4 Å². The molecule has 0 unspecified atom stereocenters. The molecule has 0 bridgehead atoms. The van der Waals surface area contributed by atoms with Crippen LogP contribution in [0.25, 0.3) is 0 Å². The fourth-order valence-corrected chi connectivity index (χ4v) is 3.53. The Balaban J connectivity index is 1.58. The van der Waals surface area contributed by atoms with Gasteiger partial charge in [-0.3, -0.25) is 9.59 Å². The van der Waals surface area contributed by atoms with E-state index in [0.717, 1.165) is 25.7 Å². The highest BCUT2D eigenvalue weighted by Crippen LogP contribution is 2.36.